The Bertz CT molecular complexity index is 585. The third-order valence-corrected chi connectivity index (χ3v) is 3.87. The van der Waals surface area contributed by atoms with Crippen molar-refractivity contribution < 1.29 is 9.50 Å². The van der Waals surface area contributed by atoms with Gasteiger partial charge in [-0.05, 0) is 49.2 Å². The van der Waals surface area contributed by atoms with Gasteiger partial charge in [0.2, 0.25) is 0 Å². The lowest BCUT2D eigenvalue weighted by Crippen LogP contribution is -2.36. The number of rotatable bonds is 3. The van der Waals surface area contributed by atoms with E-state index >= 15 is 0 Å². The molecule has 1 heterocycles. The van der Waals surface area contributed by atoms with E-state index in [4.69, 9.17) is 0 Å². The number of aromatic nitrogens is 2. The average molecular weight is 287 g/mol. The van der Waals surface area contributed by atoms with Crippen molar-refractivity contribution in [1.29, 1.82) is 0 Å². The average Bonchev–Trinajstić information content (AvgIpc) is 2.51. The van der Waals surface area contributed by atoms with Crippen LogP contribution in [0, 0.1) is 5.82 Å². The van der Waals surface area contributed by atoms with Crippen LogP contribution in [0.2, 0.25) is 0 Å². The van der Waals surface area contributed by atoms with E-state index in [0.717, 1.165) is 31.2 Å². The number of nitrogens with zero attached hydrogens (tertiary/aromatic N) is 2. The third kappa shape index (κ3) is 3.36. The molecule has 1 fully saturated rings. The van der Waals surface area contributed by atoms with Crippen LogP contribution in [-0.4, -0.2) is 27.4 Å². The molecule has 0 bridgehead atoms. The molecule has 0 aliphatic heterocycles. The molecule has 1 aromatic heterocycles. The van der Waals surface area contributed by atoms with Crippen LogP contribution in [0.5, 0.6) is 0 Å². The van der Waals surface area contributed by atoms with Crippen LogP contribution in [0.1, 0.15) is 25.7 Å². The summed E-state index contributed by atoms with van der Waals surface area (Å²) in [5, 5.41) is 21.5. The van der Waals surface area contributed by atoms with E-state index in [1.807, 2.05) is 12.1 Å². The van der Waals surface area contributed by atoms with E-state index in [9.17, 15) is 9.50 Å². The molecule has 0 radical (unpaired) electrons. The summed E-state index contributed by atoms with van der Waals surface area (Å²) < 4.78 is 12.9. The molecule has 2 N–H and O–H groups in total. The highest BCUT2D eigenvalue weighted by Crippen LogP contribution is 2.22. The largest absolute Gasteiger partial charge is 0.391 e. The van der Waals surface area contributed by atoms with Gasteiger partial charge in [-0.15, -0.1) is 10.2 Å². The molecule has 1 aromatic carbocycles. The van der Waals surface area contributed by atoms with Crippen LogP contribution in [0.4, 0.5) is 10.2 Å². The first-order valence-corrected chi connectivity index (χ1v) is 7.26. The molecule has 4 nitrogen and oxygen atoms in total. The van der Waals surface area contributed by atoms with Crippen molar-refractivity contribution in [3.8, 4) is 11.3 Å². The number of anilines is 1. The summed E-state index contributed by atoms with van der Waals surface area (Å²) >= 11 is 0. The van der Waals surface area contributed by atoms with Crippen LogP contribution >= 0.6 is 0 Å². The maximum absolute atomic E-state index is 12.9. The normalized spacial score (nSPS) is 22.0. The van der Waals surface area contributed by atoms with Crippen molar-refractivity contribution >= 4 is 5.82 Å². The number of hydrogen-bond acceptors (Lipinski definition) is 4. The molecule has 2 atom stereocenters. The second-order valence-corrected chi connectivity index (χ2v) is 5.41. The minimum atomic E-state index is -0.322. The fourth-order valence-corrected chi connectivity index (χ4v) is 2.65. The molecule has 0 spiro atoms. The maximum Gasteiger partial charge on any atom is 0.148 e. The molecule has 110 valence electrons. The zero-order chi connectivity index (χ0) is 14.7. The molecule has 1 aliphatic carbocycles. The second-order valence-electron chi connectivity index (χ2n) is 5.41. The predicted octanol–water partition coefficient (Wildman–Crippen LogP) is 3.00. The van der Waals surface area contributed by atoms with Gasteiger partial charge in [0, 0.05) is 5.56 Å². The lowest BCUT2D eigenvalue weighted by Gasteiger charge is -2.28. The monoisotopic (exact) mass is 287 g/mol. The first-order chi connectivity index (χ1) is 10.2. The number of benzene rings is 1. The van der Waals surface area contributed by atoms with E-state index in [0.29, 0.717) is 11.5 Å². The summed E-state index contributed by atoms with van der Waals surface area (Å²) in [6.45, 7) is 0. The van der Waals surface area contributed by atoms with Crippen molar-refractivity contribution in [3.63, 3.8) is 0 Å². The van der Waals surface area contributed by atoms with E-state index in [-0.39, 0.29) is 18.0 Å². The maximum atomic E-state index is 12.9. The highest BCUT2D eigenvalue weighted by molar-refractivity contribution is 5.59. The van der Waals surface area contributed by atoms with Gasteiger partial charge in [0.25, 0.3) is 0 Å². The molecule has 2 aromatic rings. The van der Waals surface area contributed by atoms with Crippen molar-refractivity contribution in [2.24, 2.45) is 0 Å². The summed E-state index contributed by atoms with van der Waals surface area (Å²) in [5.41, 5.74) is 1.53. The Morgan fingerprint density at radius 3 is 2.43 bits per heavy atom. The zero-order valence-electron chi connectivity index (χ0n) is 11.7. The molecular formula is C16H18FN3O. The second kappa shape index (κ2) is 6.18. The van der Waals surface area contributed by atoms with Crippen LogP contribution < -0.4 is 5.32 Å². The molecule has 0 saturated heterocycles. The lowest BCUT2D eigenvalue weighted by molar-refractivity contribution is 0.116. The Morgan fingerprint density at radius 1 is 1.00 bits per heavy atom. The Morgan fingerprint density at radius 2 is 1.76 bits per heavy atom. The molecule has 0 amide bonds. The molecule has 3 rings (SSSR count). The van der Waals surface area contributed by atoms with Crippen molar-refractivity contribution in [1.82, 2.24) is 10.2 Å². The standard InChI is InChI=1S/C16H18FN3O/c17-12-7-5-11(6-8-12)13-9-10-16(20-19-13)18-14-3-1-2-4-15(14)21/h5-10,14-15,21H,1-4H2,(H,18,20)/t14-,15-/m0/s1. The van der Waals surface area contributed by atoms with Gasteiger partial charge in [0.1, 0.15) is 11.6 Å². The van der Waals surface area contributed by atoms with Gasteiger partial charge < -0.3 is 10.4 Å². The Hall–Kier alpha value is -2.01. The molecule has 1 aliphatic rings. The van der Waals surface area contributed by atoms with Gasteiger partial charge in [0.05, 0.1) is 17.8 Å². The minimum Gasteiger partial charge on any atom is -0.391 e. The summed E-state index contributed by atoms with van der Waals surface area (Å²) in [7, 11) is 0. The van der Waals surface area contributed by atoms with Gasteiger partial charge in [-0.3, -0.25) is 0 Å². The Balaban J connectivity index is 1.70. The number of nitrogens with one attached hydrogen (secondary N) is 1. The number of halogens is 1. The summed E-state index contributed by atoms with van der Waals surface area (Å²) in [5.74, 6) is 0.392. The van der Waals surface area contributed by atoms with Gasteiger partial charge in [-0.1, -0.05) is 12.8 Å². The zero-order valence-corrected chi connectivity index (χ0v) is 11.7. The summed E-state index contributed by atoms with van der Waals surface area (Å²) in [4.78, 5) is 0. The fraction of sp³-hybridized carbons (Fsp3) is 0.375. The number of aliphatic hydroxyl groups is 1. The quantitative estimate of drug-likeness (QED) is 0.911. The molecule has 1 saturated carbocycles. The van der Waals surface area contributed by atoms with Crippen molar-refractivity contribution in [2.75, 3.05) is 5.32 Å². The van der Waals surface area contributed by atoms with Crippen LogP contribution in [-0.2, 0) is 0 Å². The first-order valence-electron chi connectivity index (χ1n) is 7.26. The topological polar surface area (TPSA) is 58.0 Å². The van der Waals surface area contributed by atoms with Crippen molar-refractivity contribution in [3.05, 3.63) is 42.2 Å². The number of aliphatic hydroxyl groups excluding tert-OH is 1. The van der Waals surface area contributed by atoms with Gasteiger partial charge in [-0.25, -0.2) is 4.39 Å². The van der Waals surface area contributed by atoms with E-state index < -0.39 is 0 Å². The van der Waals surface area contributed by atoms with E-state index in [1.165, 1.54) is 12.1 Å². The Kier molecular flexibility index (Phi) is 4.10. The van der Waals surface area contributed by atoms with Crippen LogP contribution in [0.15, 0.2) is 36.4 Å². The van der Waals surface area contributed by atoms with Gasteiger partial charge >= 0.3 is 0 Å². The van der Waals surface area contributed by atoms with E-state index in [2.05, 4.69) is 15.5 Å². The predicted molar refractivity (Wildman–Crippen MR) is 79.3 cm³/mol. The smallest absolute Gasteiger partial charge is 0.148 e. The highest BCUT2D eigenvalue weighted by Gasteiger charge is 2.23. The lowest BCUT2D eigenvalue weighted by atomic mass is 9.92. The molecule has 21 heavy (non-hydrogen) atoms. The Labute approximate surface area is 123 Å². The number of hydrogen-bond donors (Lipinski definition) is 2. The molecule has 0 unspecified atom stereocenters. The van der Waals surface area contributed by atoms with Crippen LogP contribution in [0.25, 0.3) is 11.3 Å². The van der Waals surface area contributed by atoms with Crippen LogP contribution in [0.3, 0.4) is 0 Å². The van der Waals surface area contributed by atoms with Gasteiger partial charge in [0.15, 0.2) is 0 Å². The minimum absolute atomic E-state index is 0.0460. The molecule has 5 heteroatoms. The highest BCUT2D eigenvalue weighted by atomic mass is 19.1. The van der Waals surface area contributed by atoms with E-state index in [1.54, 1.807) is 12.1 Å². The van der Waals surface area contributed by atoms with Crippen molar-refractivity contribution in [2.45, 2.75) is 37.8 Å². The summed E-state index contributed by atoms with van der Waals surface area (Å²) in [6, 6.07) is 9.90. The first kappa shape index (κ1) is 13.9. The SMILES string of the molecule is O[C@H]1CCCC[C@@H]1Nc1ccc(-c2ccc(F)cc2)nn1. The fourth-order valence-electron chi connectivity index (χ4n) is 2.65. The molecular weight excluding hydrogens is 269 g/mol. The third-order valence-electron chi connectivity index (χ3n) is 3.87. The summed E-state index contributed by atoms with van der Waals surface area (Å²) in [6.07, 6.45) is 3.66. The van der Waals surface area contributed by atoms with Gasteiger partial charge in [-0.2, -0.15) is 0 Å².